The van der Waals surface area contributed by atoms with E-state index in [1.807, 2.05) is 32.0 Å². The number of hydrogen-bond donors (Lipinski definition) is 3. The lowest BCUT2D eigenvalue weighted by atomic mass is 10.1. The van der Waals surface area contributed by atoms with Crippen LogP contribution in [0.2, 0.25) is 0 Å². The number of rotatable bonds is 7. The normalized spacial score (nSPS) is 12.4. The van der Waals surface area contributed by atoms with Crippen molar-refractivity contribution in [2.75, 3.05) is 10.6 Å². The van der Waals surface area contributed by atoms with Crippen molar-refractivity contribution in [2.24, 2.45) is 5.14 Å². The van der Waals surface area contributed by atoms with Crippen LogP contribution in [0.1, 0.15) is 18.1 Å². The Kier molecular flexibility index (Phi) is 6.76. The van der Waals surface area contributed by atoms with Crippen molar-refractivity contribution >= 4 is 55.5 Å². The molecule has 3 aromatic rings. The van der Waals surface area contributed by atoms with Crippen LogP contribution in [0, 0.1) is 13.8 Å². The van der Waals surface area contributed by atoms with Crippen molar-refractivity contribution in [2.45, 2.75) is 35.3 Å². The smallest absolute Gasteiger partial charge is 0.238 e. The lowest BCUT2D eigenvalue weighted by molar-refractivity contribution is -0.115. The Labute approximate surface area is 183 Å². The van der Waals surface area contributed by atoms with Gasteiger partial charge in [0.05, 0.1) is 10.1 Å². The first-order valence-corrected chi connectivity index (χ1v) is 12.1. The Morgan fingerprint density at radius 2 is 1.83 bits per heavy atom. The summed E-state index contributed by atoms with van der Waals surface area (Å²) in [7, 11) is -3.77. The van der Waals surface area contributed by atoms with Crippen molar-refractivity contribution < 1.29 is 13.2 Å². The van der Waals surface area contributed by atoms with Crippen LogP contribution in [0.5, 0.6) is 0 Å². The van der Waals surface area contributed by atoms with Gasteiger partial charge in [0.2, 0.25) is 21.1 Å². The van der Waals surface area contributed by atoms with E-state index in [9.17, 15) is 13.2 Å². The zero-order valence-corrected chi connectivity index (χ0v) is 19.0. The lowest BCUT2D eigenvalue weighted by Crippen LogP contribution is -2.22. The molecule has 1 amide bonds. The van der Waals surface area contributed by atoms with Gasteiger partial charge in [0.1, 0.15) is 0 Å². The fourth-order valence-electron chi connectivity index (χ4n) is 2.49. The van der Waals surface area contributed by atoms with E-state index < -0.39 is 15.3 Å². The van der Waals surface area contributed by atoms with Gasteiger partial charge in [-0.05, 0) is 62.2 Å². The maximum absolute atomic E-state index is 12.4. The summed E-state index contributed by atoms with van der Waals surface area (Å²) in [5.74, 6) is -0.234. The summed E-state index contributed by atoms with van der Waals surface area (Å²) in [4.78, 5) is 12.4. The first-order valence-electron chi connectivity index (χ1n) is 8.90. The molecule has 0 aliphatic carbocycles. The minimum atomic E-state index is -3.77. The predicted octanol–water partition coefficient (Wildman–Crippen LogP) is 3.67. The molecule has 8 nitrogen and oxygen atoms in total. The van der Waals surface area contributed by atoms with Crippen LogP contribution in [0.3, 0.4) is 0 Å². The SMILES string of the molecule is Cc1cccc(Nc2nnc(SC(C)C(=O)Nc3ccc(S(N)(=O)=O)cc3)s2)c1C. The maximum atomic E-state index is 12.4. The van der Waals surface area contributed by atoms with Crippen LogP contribution in [0.25, 0.3) is 0 Å². The maximum Gasteiger partial charge on any atom is 0.238 e. The number of carbonyl (C=O) groups excluding carboxylic acids is 1. The molecule has 2 aromatic carbocycles. The Morgan fingerprint density at radius 1 is 1.13 bits per heavy atom. The molecule has 0 aliphatic heterocycles. The van der Waals surface area contributed by atoms with E-state index in [2.05, 4.69) is 20.8 Å². The number of thioether (sulfide) groups is 1. The van der Waals surface area contributed by atoms with Crippen LogP contribution in [-0.4, -0.2) is 29.8 Å². The number of benzene rings is 2. The molecule has 0 aliphatic rings. The van der Waals surface area contributed by atoms with E-state index in [-0.39, 0.29) is 10.8 Å². The summed E-state index contributed by atoms with van der Waals surface area (Å²) in [6.07, 6.45) is 0. The van der Waals surface area contributed by atoms with E-state index in [0.29, 0.717) is 15.2 Å². The molecule has 1 heterocycles. The molecule has 0 saturated carbocycles. The Balaban J connectivity index is 1.60. The summed E-state index contributed by atoms with van der Waals surface area (Å²) in [5.41, 5.74) is 3.77. The number of anilines is 3. The number of aromatic nitrogens is 2. The van der Waals surface area contributed by atoms with Crippen LogP contribution < -0.4 is 15.8 Å². The molecule has 3 rings (SSSR count). The van der Waals surface area contributed by atoms with Crippen LogP contribution in [-0.2, 0) is 14.8 Å². The van der Waals surface area contributed by atoms with E-state index in [4.69, 9.17) is 5.14 Å². The first-order chi connectivity index (χ1) is 14.1. The second-order valence-corrected chi connectivity index (χ2v) is 10.7. The topological polar surface area (TPSA) is 127 Å². The average molecular weight is 464 g/mol. The molecule has 1 aromatic heterocycles. The lowest BCUT2D eigenvalue weighted by Gasteiger charge is -2.10. The largest absolute Gasteiger partial charge is 0.330 e. The molecular formula is C19H21N5O3S3. The van der Waals surface area contributed by atoms with Crippen molar-refractivity contribution in [3.05, 3.63) is 53.6 Å². The van der Waals surface area contributed by atoms with Gasteiger partial charge in [-0.2, -0.15) is 0 Å². The number of carbonyl (C=O) groups is 1. The number of nitrogens with one attached hydrogen (secondary N) is 2. The quantitative estimate of drug-likeness (QED) is 0.456. The van der Waals surface area contributed by atoms with E-state index in [0.717, 1.165) is 11.3 Å². The van der Waals surface area contributed by atoms with Gasteiger partial charge in [0.15, 0.2) is 4.34 Å². The van der Waals surface area contributed by atoms with Gasteiger partial charge in [0.25, 0.3) is 0 Å². The second kappa shape index (κ2) is 9.13. The van der Waals surface area contributed by atoms with E-state index in [1.54, 1.807) is 6.92 Å². The highest BCUT2D eigenvalue weighted by Gasteiger charge is 2.18. The standard InChI is InChI=1S/C19H21N5O3S3/c1-11-5-4-6-16(12(11)2)22-18-23-24-19(29-18)28-13(3)17(25)21-14-7-9-15(10-8-14)30(20,26)27/h4-10,13H,1-3H3,(H,21,25)(H,22,23)(H2,20,26,27). The summed E-state index contributed by atoms with van der Waals surface area (Å²) in [5, 5.41) is 19.6. The average Bonchev–Trinajstić information content (AvgIpc) is 3.12. The zero-order chi connectivity index (χ0) is 21.9. The Hall–Kier alpha value is -2.47. The zero-order valence-electron chi connectivity index (χ0n) is 16.5. The molecule has 0 spiro atoms. The molecule has 1 unspecified atom stereocenters. The van der Waals surface area contributed by atoms with E-state index >= 15 is 0 Å². The predicted molar refractivity (Wildman–Crippen MR) is 121 cm³/mol. The van der Waals surface area contributed by atoms with Gasteiger partial charge < -0.3 is 10.6 Å². The fraction of sp³-hybridized carbons (Fsp3) is 0.211. The van der Waals surface area contributed by atoms with Gasteiger partial charge in [-0.1, -0.05) is 35.2 Å². The van der Waals surface area contributed by atoms with Gasteiger partial charge >= 0.3 is 0 Å². The van der Waals surface area contributed by atoms with Crippen molar-refractivity contribution in [1.82, 2.24) is 10.2 Å². The fourth-order valence-corrected chi connectivity index (χ4v) is 4.91. The molecule has 1 atom stereocenters. The molecule has 0 saturated heterocycles. The molecular weight excluding hydrogens is 442 g/mol. The monoisotopic (exact) mass is 463 g/mol. The first kappa shape index (κ1) is 22.2. The number of primary sulfonamides is 1. The third-order valence-electron chi connectivity index (χ3n) is 4.35. The Morgan fingerprint density at radius 3 is 2.50 bits per heavy atom. The van der Waals surface area contributed by atoms with E-state index in [1.165, 1.54) is 52.9 Å². The molecule has 11 heteroatoms. The number of sulfonamides is 1. The van der Waals surface area contributed by atoms with Gasteiger partial charge in [-0.25, -0.2) is 13.6 Å². The van der Waals surface area contributed by atoms with Crippen LogP contribution >= 0.6 is 23.1 Å². The number of aryl methyl sites for hydroxylation is 1. The summed E-state index contributed by atoms with van der Waals surface area (Å²) in [6, 6.07) is 11.7. The molecule has 158 valence electrons. The highest BCUT2D eigenvalue weighted by molar-refractivity contribution is 8.02. The molecule has 0 fully saturated rings. The number of amides is 1. The summed E-state index contributed by atoms with van der Waals surface area (Å²) < 4.78 is 23.3. The van der Waals surface area contributed by atoms with Crippen LogP contribution in [0.15, 0.2) is 51.7 Å². The summed E-state index contributed by atoms with van der Waals surface area (Å²) >= 11 is 2.66. The highest BCUT2D eigenvalue weighted by atomic mass is 32.2. The van der Waals surface area contributed by atoms with Gasteiger partial charge in [-0.3, -0.25) is 4.79 Å². The number of hydrogen-bond acceptors (Lipinski definition) is 8. The second-order valence-electron chi connectivity index (χ2n) is 6.56. The van der Waals surface area contributed by atoms with Crippen molar-refractivity contribution in [1.29, 1.82) is 0 Å². The third-order valence-corrected chi connectivity index (χ3v) is 7.30. The van der Waals surface area contributed by atoms with Crippen LogP contribution in [0.4, 0.5) is 16.5 Å². The van der Waals surface area contributed by atoms with Crippen molar-refractivity contribution in [3.8, 4) is 0 Å². The molecule has 0 bridgehead atoms. The number of nitrogens with two attached hydrogens (primary N) is 1. The molecule has 0 radical (unpaired) electrons. The number of nitrogens with zero attached hydrogens (tertiary/aromatic N) is 2. The summed E-state index contributed by atoms with van der Waals surface area (Å²) in [6.45, 7) is 5.85. The minimum Gasteiger partial charge on any atom is -0.330 e. The van der Waals surface area contributed by atoms with Gasteiger partial charge in [-0.15, -0.1) is 10.2 Å². The van der Waals surface area contributed by atoms with Crippen molar-refractivity contribution in [3.63, 3.8) is 0 Å². The molecule has 4 N–H and O–H groups in total. The molecule has 30 heavy (non-hydrogen) atoms. The van der Waals surface area contributed by atoms with Gasteiger partial charge in [0, 0.05) is 11.4 Å². The Bertz CT molecular complexity index is 1160. The minimum absolute atomic E-state index is 0.0133. The third kappa shape index (κ3) is 5.57. The highest BCUT2D eigenvalue weighted by Crippen LogP contribution is 2.32.